The summed E-state index contributed by atoms with van der Waals surface area (Å²) in [5.74, 6) is 0. The van der Waals surface area contributed by atoms with Gasteiger partial charge in [0.1, 0.15) is 0 Å². The number of benzene rings is 1. The van der Waals surface area contributed by atoms with Gasteiger partial charge in [-0.2, -0.15) is 5.10 Å². The number of hydrogen-bond donors (Lipinski definition) is 1. The third kappa shape index (κ3) is 4.07. The van der Waals surface area contributed by atoms with E-state index in [1.165, 1.54) is 0 Å². The molecule has 0 radical (unpaired) electrons. The van der Waals surface area contributed by atoms with Crippen molar-refractivity contribution in [3.8, 4) is 0 Å². The van der Waals surface area contributed by atoms with Crippen LogP contribution in [0.4, 0.5) is 0 Å². The summed E-state index contributed by atoms with van der Waals surface area (Å²) in [6.45, 7) is 2.59. The zero-order valence-electron chi connectivity index (χ0n) is 11.7. The molecular formula is C15H20ClN3O. The molecule has 0 aliphatic carbocycles. The van der Waals surface area contributed by atoms with Gasteiger partial charge in [-0.1, -0.05) is 29.8 Å². The van der Waals surface area contributed by atoms with Crippen molar-refractivity contribution in [2.45, 2.75) is 19.5 Å². The van der Waals surface area contributed by atoms with E-state index in [1.54, 1.807) is 6.20 Å². The third-order valence-electron chi connectivity index (χ3n) is 3.29. The van der Waals surface area contributed by atoms with E-state index in [0.717, 1.165) is 42.3 Å². The number of aliphatic hydroxyl groups excluding tert-OH is 1. The zero-order valence-corrected chi connectivity index (χ0v) is 12.4. The highest BCUT2D eigenvalue weighted by Gasteiger charge is 2.10. The van der Waals surface area contributed by atoms with Gasteiger partial charge >= 0.3 is 0 Å². The van der Waals surface area contributed by atoms with Gasteiger partial charge in [0, 0.05) is 44.5 Å². The van der Waals surface area contributed by atoms with Gasteiger partial charge in [-0.15, -0.1) is 0 Å². The summed E-state index contributed by atoms with van der Waals surface area (Å²) in [6.07, 6.45) is 2.55. The average Bonchev–Trinajstić information content (AvgIpc) is 2.84. The van der Waals surface area contributed by atoms with Crippen molar-refractivity contribution in [3.05, 3.63) is 52.8 Å². The molecule has 0 saturated heterocycles. The van der Waals surface area contributed by atoms with Crippen LogP contribution in [0.5, 0.6) is 0 Å². The Balaban J connectivity index is 2.07. The number of aryl methyl sites for hydroxylation is 1. The van der Waals surface area contributed by atoms with Crippen LogP contribution in [0.1, 0.15) is 17.7 Å². The van der Waals surface area contributed by atoms with Crippen LogP contribution in [0.15, 0.2) is 36.5 Å². The molecule has 4 nitrogen and oxygen atoms in total. The molecule has 5 heteroatoms. The Morgan fingerprint density at radius 2 is 2.05 bits per heavy atom. The second-order valence-electron chi connectivity index (χ2n) is 4.83. The summed E-state index contributed by atoms with van der Waals surface area (Å²) >= 11 is 6.22. The summed E-state index contributed by atoms with van der Waals surface area (Å²) < 4.78 is 1.87. The Morgan fingerprint density at radius 3 is 2.70 bits per heavy atom. The summed E-state index contributed by atoms with van der Waals surface area (Å²) in [7, 11) is 1.94. The van der Waals surface area contributed by atoms with Crippen molar-refractivity contribution < 1.29 is 5.11 Å². The monoisotopic (exact) mass is 293 g/mol. The molecule has 108 valence electrons. The maximum Gasteiger partial charge on any atom is 0.0521 e. The fraction of sp³-hybridized carbons (Fsp3) is 0.400. The Labute approximate surface area is 124 Å². The van der Waals surface area contributed by atoms with Crippen molar-refractivity contribution in [1.82, 2.24) is 14.7 Å². The lowest BCUT2D eigenvalue weighted by atomic mass is 10.2. The van der Waals surface area contributed by atoms with Gasteiger partial charge in [0.15, 0.2) is 0 Å². The van der Waals surface area contributed by atoms with Gasteiger partial charge in [-0.05, 0) is 24.1 Å². The fourth-order valence-corrected chi connectivity index (χ4v) is 2.36. The molecule has 0 fully saturated rings. The lowest BCUT2D eigenvalue weighted by molar-refractivity contribution is 0.209. The molecule has 0 aliphatic rings. The van der Waals surface area contributed by atoms with E-state index < -0.39 is 0 Å². The molecule has 0 bridgehead atoms. The largest absolute Gasteiger partial charge is 0.396 e. The van der Waals surface area contributed by atoms with Gasteiger partial charge in [0.05, 0.1) is 5.69 Å². The lowest BCUT2D eigenvalue weighted by Crippen LogP contribution is -2.26. The first-order valence-electron chi connectivity index (χ1n) is 6.74. The van der Waals surface area contributed by atoms with E-state index in [-0.39, 0.29) is 6.61 Å². The van der Waals surface area contributed by atoms with Gasteiger partial charge in [-0.3, -0.25) is 9.58 Å². The Morgan fingerprint density at radius 1 is 1.25 bits per heavy atom. The average molecular weight is 294 g/mol. The minimum atomic E-state index is 0.199. The molecule has 0 atom stereocenters. The molecule has 1 aromatic heterocycles. The van der Waals surface area contributed by atoms with Crippen molar-refractivity contribution in [3.63, 3.8) is 0 Å². The van der Waals surface area contributed by atoms with Crippen LogP contribution in [-0.4, -0.2) is 32.9 Å². The Hall–Kier alpha value is -1.36. The number of halogens is 1. The first-order valence-corrected chi connectivity index (χ1v) is 7.12. The van der Waals surface area contributed by atoms with Gasteiger partial charge in [0.25, 0.3) is 0 Å². The highest BCUT2D eigenvalue weighted by Crippen LogP contribution is 2.18. The first kappa shape index (κ1) is 15.0. The minimum absolute atomic E-state index is 0.199. The van der Waals surface area contributed by atoms with Crippen LogP contribution in [-0.2, 0) is 20.1 Å². The van der Waals surface area contributed by atoms with Crippen LogP contribution in [0.3, 0.4) is 0 Å². The highest BCUT2D eigenvalue weighted by molar-refractivity contribution is 6.31. The van der Waals surface area contributed by atoms with Crippen LogP contribution in [0, 0.1) is 0 Å². The number of rotatable bonds is 7. The van der Waals surface area contributed by atoms with Crippen LogP contribution >= 0.6 is 11.6 Å². The van der Waals surface area contributed by atoms with Crippen LogP contribution < -0.4 is 0 Å². The lowest BCUT2D eigenvalue weighted by Gasteiger charge is -2.22. The van der Waals surface area contributed by atoms with E-state index in [2.05, 4.69) is 10.00 Å². The third-order valence-corrected chi connectivity index (χ3v) is 3.66. The molecule has 20 heavy (non-hydrogen) atoms. The van der Waals surface area contributed by atoms with Gasteiger partial charge in [0.2, 0.25) is 0 Å². The molecule has 0 unspecified atom stereocenters. The smallest absolute Gasteiger partial charge is 0.0521 e. The normalized spacial score (nSPS) is 11.2. The van der Waals surface area contributed by atoms with Crippen molar-refractivity contribution in [2.75, 3.05) is 13.2 Å². The molecule has 0 saturated carbocycles. The minimum Gasteiger partial charge on any atom is -0.396 e. The molecule has 0 amide bonds. The summed E-state index contributed by atoms with van der Waals surface area (Å²) in [5.41, 5.74) is 2.25. The second kappa shape index (κ2) is 7.43. The van der Waals surface area contributed by atoms with Gasteiger partial charge in [-0.25, -0.2) is 0 Å². The molecule has 0 aliphatic heterocycles. The van der Waals surface area contributed by atoms with Crippen molar-refractivity contribution >= 4 is 11.6 Å². The predicted octanol–water partition coefficient (Wildman–Crippen LogP) is 2.46. The standard InChI is InChI=1S/C15H20ClN3O/c1-18-14(7-8-17-18)12-19(9-4-10-20)11-13-5-2-3-6-15(13)16/h2-3,5-8,20H,4,9-12H2,1H3. The molecule has 0 spiro atoms. The quantitative estimate of drug-likeness (QED) is 0.852. The van der Waals surface area contributed by atoms with E-state index >= 15 is 0 Å². The second-order valence-corrected chi connectivity index (χ2v) is 5.23. The van der Waals surface area contributed by atoms with E-state index in [1.807, 2.05) is 42.1 Å². The molecular weight excluding hydrogens is 274 g/mol. The zero-order chi connectivity index (χ0) is 14.4. The maximum atomic E-state index is 9.05. The van der Waals surface area contributed by atoms with E-state index in [4.69, 9.17) is 16.7 Å². The SMILES string of the molecule is Cn1nccc1CN(CCCO)Cc1ccccc1Cl. The van der Waals surface area contributed by atoms with Gasteiger partial charge < -0.3 is 5.11 Å². The molecule has 1 aromatic carbocycles. The summed E-state index contributed by atoms with van der Waals surface area (Å²) in [5, 5.41) is 14.0. The van der Waals surface area contributed by atoms with E-state index in [9.17, 15) is 0 Å². The van der Waals surface area contributed by atoms with Crippen LogP contribution in [0.2, 0.25) is 5.02 Å². The maximum absolute atomic E-state index is 9.05. The fourth-order valence-electron chi connectivity index (χ4n) is 2.16. The Kier molecular flexibility index (Phi) is 5.59. The van der Waals surface area contributed by atoms with E-state index in [0.29, 0.717) is 0 Å². The number of hydrogen-bond acceptors (Lipinski definition) is 3. The van der Waals surface area contributed by atoms with Crippen molar-refractivity contribution in [1.29, 1.82) is 0 Å². The Bertz CT molecular complexity index is 541. The summed E-state index contributed by atoms with van der Waals surface area (Å²) in [6, 6.07) is 9.89. The molecule has 2 aromatic rings. The predicted molar refractivity (Wildman–Crippen MR) is 80.5 cm³/mol. The number of aromatic nitrogens is 2. The van der Waals surface area contributed by atoms with Crippen molar-refractivity contribution in [2.24, 2.45) is 7.05 Å². The topological polar surface area (TPSA) is 41.3 Å². The summed E-state index contributed by atoms with van der Waals surface area (Å²) in [4.78, 5) is 2.27. The number of aliphatic hydroxyl groups is 1. The molecule has 1 N–H and O–H groups in total. The molecule has 2 rings (SSSR count). The number of nitrogens with zero attached hydrogens (tertiary/aromatic N) is 3. The highest BCUT2D eigenvalue weighted by atomic mass is 35.5. The van der Waals surface area contributed by atoms with Crippen LogP contribution in [0.25, 0.3) is 0 Å². The molecule has 1 heterocycles. The first-order chi connectivity index (χ1) is 9.70.